The van der Waals surface area contributed by atoms with E-state index < -0.39 is 23.4 Å². The van der Waals surface area contributed by atoms with Crippen molar-refractivity contribution < 1.29 is 13.4 Å². The molecule has 0 fully saturated rings. The van der Waals surface area contributed by atoms with Gasteiger partial charge in [0, 0.05) is 10.5 Å². The summed E-state index contributed by atoms with van der Waals surface area (Å²) in [6, 6.07) is 4.11. The van der Waals surface area contributed by atoms with Gasteiger partial charge in [-0.3, -0.25) is 9.00 Å². The van der Waals surface area contributed by atoms with Gasteiger partial charge >= 0.3 is 0 Å². The Morgan fingerprint density at radius 1 is 1.47 bits per heavy atom. The summed E-state index contributed by atoms with van der Waals surface area (Å²) < 4.78 is 24.0. The Morgan fingerprint density at radius 2 is 2.13 bits per heavy atom. The van der Waals surface area contributed by atoms with Crippen molar-refractivity contribution in [2.75, 3.05) is 5.88 Å². The first-order chi connectivity index (χ1) is 7.10. The molecule has 0 spiro atoms. The number of benzene rings is 1. The fourth-order valence-corrected chi connectivity index (χ4v) is 1.97. The molecular formula is C9H11FN2O2S. The molecule has 0 aliphatic heterocycles. The molecule has 1 aromatic rings. The zero-order valence-corrected chi connectivity index (χ0v) is 8.72. The Hall–Kier alpha value is -1.27. The summed E-state index contributed by atoms with van der Waals surface area (Å²) in [6.07, 6.45) is 0. The molecule has 1 rings (SSSR count). The third-order valence-electron chi connectivity index (χ3n) is 1.89. The van der Waals surface area contributed by atoms with Crippen molar-refractivity contribution in [3.05, 3.63) is 29.3 Å². The Labute approximate surface area is 88.9 Å². The average Bonchev–Trinajstić information content (AvgIpc) is 2.27. The zero-order valence-electron chi connectivity index (χ0n) is 7.90. The highest BCUT2D eigenvalue weighted by atomic mass is 32.2. The van der Waals surface area contributed by atoms with E-state index in [9.17, 15) is 13.4 Å². The summed E-state index contributed by atoms with van der Waals surface area (Å²) in [6.45, 7) is -0.750. The minimum atomic E-state index is -1.50. The Bertz CT molecular complexity index is 409. The van der Waals surface area contributed by atoms with Gasteiger partial charge in [-0.2, -0.15) is 0 Å². The molecule has 0 heterocycles. The molecule has 0 saturated heterocycles. The standard InChI is InChI=1S/C9H11FN2O2S/c10-4-7-2-1-6(9(12)13)3-8(7)15(14)5-11/h1-3H,4-5,11H2,(H2,12,13). The first kappa shape index (κ1) is 11.8. The molecule has 1 amide bonds. The van der Waals surface area contributed by atoms with Crippen LogP contribution in [0.4, 0.5) is 4.39 Å². The van der Waals surface area contributed by atoms with Crippen LogP contribution in [0.2, 0.25) is 0 Å². The van der Waals surface area contributed by atoms with Crippen LogP contribution in [-0.4, -0.2) is 16.0 Å². The smallest absolute Gasteiger partial charge is 0.248 e. The molecule has 0 saturated carbocycles. The molecule has 82 valence electrons. The molecule has 1 atom stereocenters. The molecular weight excluding hydrogens is 219 g/mol. The van der Waals surface area contributed by atoms with Crippen LogP contribution in [0.5, 0.6) is 0 Å². The molecule has 1 aromatic carbocycles. The van der Waals surface area contributed by atoms with Crippen molar-refractivity contribution in [2.24, 2.45) is 11.5 Å². The number of rotatable bonds is 4. The van der Waals surface area contributed by atoms with E-state index >= 15 is 0 Å². The molecule has 0 aliphatic carbocycles. The summed E-state index contributed by atoms with van der Waals surface area (Å²) >= 11 is 0. The minimum absolute atomic E-state index is 0.116. The number of primary amides is 1. The fourth-order valence-electron chi connectivity index (χ4n) is 1.12. The topological polar surface area (TPSA) is 86.2 Å². The predicted molar refractivity (Wildman–Crippen MR) is 55.2 cm³/mol. The number of carbonyl (C=O) groups excluding carboxylic acids is 1. The minimum Gasteiger partial charge on any atom is -0.366 e. The lowest BCUT2D eigenvalue weighted by Gasteiger charge is -2.06. The van der Waals surface area contributed by atoms with Gasteiger partial charge in [-0.25, -0.2) is 4.39 Å². The summed E-state index contributed by atoms with van der Waals surface area (Å²) in [5, 5.41) is 0. The third-order valence-corrected chi connectivity index (χ3v) is 3.07. The maximum Gasteiger partial charge on any atom is 0.248 e. The van der Waals surface area contributed by atoms with Crippen molar-refractivity contribution in [3.63, 3.8) is 0 Å². The van der Waals surface area contributed by atoms with Crippen LogP contribution >= 0.6 is 0 Å². The van der Waals surface area contributed by atoms with Crippen molar-refractivity contribution in [1.82, 2.24) is 0 Å². The second-order valence-corrected chi connectivity index (χ2v) is 4.30. The van der Waals surface area contributed by atoms with E-state index in [1.807, 2.05) is 0 Å². The highest BCUT2D eigenvalue weighted by Gasteiger charge is 2.11. The molecule has 15 heavy (non-hydrogen) atoms. The number of hydrogen-bond donors (Lipinski definition) is 2. The van der Waals surface area contributed by atoms with Crippen LogP contribution in [0.15, 0.2) is 23.1 Å². The maximum absolute atomic E-state index is 12.5. The second kappa shape index (κ2) is 4.99. The molecule has 0 bridgehead atoms. The number of nitrogens with two attached hydrogens (primary N) is 2. The fraction of sp³-hybridized carbons (Fsp3) is 0.222. The van der Waals surface area contributed by atoms with Crippen LogP contribution in [0.1, 0.15) is 15.9 Å². The van der Waals surface area contributed by atoms with Crippen molar-refractivity contribution >= 4 is 16.7 Å². The first-order valence-corrected chi connectivity index (χ1v) is 5.49. The van der Waals surface area contributed by atoms with Gasteiger partial charge in [0.25, 0.3) is 0 Å². The number of carbonyl (C=O) groups is 1. The Balaban J connectivity index is 3.25. The molecule has 4 nitrogen and oxygen atoms in total. The highest BCUT2D eigenvalue weighted by molar-refractivity contribution is 7.85. The number of hydrogen-bond acceptors (Lipinski definition) is 3. The Morgan fingerprint density at radius 3 is 2.60 bits per heavy atom. The molecule has 1 unspecified atom stereocenters. The lowest BCUT2D eigenvalue weighted by molar-refractivity contribution is 0.1000. The van der Waals surface area contributed by atoms with Crippen molar-refractivity contribution in [2.45, 2.75) is 11.6 Å². The Kier molecular flexibility index (Phi) is 3.93. The summed E-state index contributed by atoms with van der Waals surface area (Å²) in [5.74, 6) is -0.759. The van der Waals surface area contributed by atoms with Gasteiger partial charge in [0.1, 0.15) is 6.67 Å². The van der Waals surface area contributed by atoms with E-state index in [2.05, 4.69) is 0 Å². The zero-order chi connectivity index (χ0) is 11.4. The summed E-state index contributed by atoms with van der Waals surface area (Å²) in [7, 11) is -1.50. The van der Waals surface area contributed by atoms with E-state index in [-0.39, 0.29) is 21.9 Å². The molecule has 0 aromatic heterocycles. The number of alkyl halides is 1. The lowest BCUT2D eigenvalue weighted by Crippen LogP contribution is -2.14. The SMILES string of the molecule is NCS(=O)c1cc(C(N)=O)ccc1CF. The maximum atomic E-state index is 12.5. The van der Waals surface area contributed by atoms with Gasteiger partial charge in [0.2, 0.25) is 5.91 Å². The van der Waals surface area contributed by atoms with Crippen molar-refractivity contribution in [1.29, 1.82) is 0 Å². The van der Waals surface area contributed by atoms with E-state index in [4.69, 9.17) is 11.5 Å². The monoisotopic (exact) mass is 230 g/mol. The van der Waals surface area contributed by atoms with Gasteiger partial charge in [-0.15, -0.1) is 0 Å². The second-order valence-electron chi connectivity index (χ2n) is 2.83. The van der Waals surface area contributed by atoms with Crippen LogP contribution in [0.25, 0.3) is 0 Å². The number of halogens is 1. The molecule has 6 heteroatoms. The van der Waals surface area contributed by atoms with Crippen LogP contribution in [0.3, 0.4) is 0 Å². The largest absolute Gasteiger partial charge is 0.366 e. The highest BCUT2D eigenvalue weighted by Crippen LogP contribution is 2.17. The van der Waals surface area contributed by atoms with Gasteiger partial charge in [-0.1, -0.05) is 6.07 Å². The third kappa shape index (κ3) is 2.60. The average molecular weight is 230 g/mol. The van der Waals surface area contributed by atoms with E-state index in [0.717, 1.165) is 0 Å². The van der Waals surface area contributed by atoms with Crippen molar-refractivity contribution in [3.8, 4) is 0 Å². The lowest BCUT2D eigenvalue weighted by atomic mass is 10.1. The van der Waals surface area contributed by atoms with Gasteiger partial charge < -0.3 is 11.5 Å². The van der Waals surface area contributed by atoms with Gasteiger partial charge in [0.15, 0.2) is 0 Å². The van der Waals surface area contributed by atoms with E-state index in [1.54, 1.807) is 0 Å². The van der Waals surface area contributed by atoms with Crippen LogP contribution in [0, 0.1) is 0 Å². The van der Waals surface area contributed by atoms with Gasteiger partial charge in [0.05, 0.1) is 16.7 Å². The van der Waals surface area contributed by atoms with Crippen LogP contribution < -0.4 is 11.5 Å². The molecule has 0 radical (unpaired) electrons. The van der Waals surface area contributed by atoms with Gasteiger partial charge in [-0.05, 0) is 17.7 Å². The molecule has 4 N–H and O–H groups in total. The first-order valence-electron chi connectivity index (χ1n) is 4.17. The summed E-state index contributed by atoms with van der Waals surface area (Å²) in [5.41, 5.74) is 10.7. The normalized spacial score (nSPS) is 12.4. The van der Waals surface area contributed by atoms with E-state index in [1.165, 1.54) is 18.2 Å². The number of amides is 1. The van der Waals surface area contributed by atoms with Crippen LogP contribution in [-0.2, 0) is 17.5 Å². The predicted octanol–water partition coefficient (Wildman–Crippen LogP) is 0.279. The molecule has 0 aliphatic rings. The summed E-state index contributed by atoms with van der Waals surface area (Å²) in [4.78, 5) is 11.1. The van der Waals surface area contributed by atoms with E-state index in [0.29, 0.717) is 0 Å². The quantitative estimate of drug-likeness (QED) is 0.778.